The number of piperidine rings is 1. The van der Waals surface area contributed by atoms with Crippen LogP contribution in [-0.4, -0.2) is 85.6 Å². The molecule has 2 fully saturated rings. The molecule has 0 amide bonds. The molecule has 2 atom stereocenters. The van der Waals surface area contributed by atoms with Gasteiger partial charge in [0.05, 0.1) is 30.5 Å². The second-order valence-electron chi connectivity index (χ2n) is 10.1. The molecule has 12 heteroatoms. The van der Waals surface area contributed by atoms with Gasteiger partial charge in [0, 0.05) is 46.4 Å². The number of hydrogen-bond donors (Lipinski definition) is 0. The smallest absolute Gasteiger partial charge is 0.254 e. The van der Waals surface area contributed by atoms with Crippen LogP contribution in [0.2, 0.25) is 0 Å². The summed E-state index contributed by atoms with van der Waals surface area (Å²) in [5.74, 6) is -0.123. The maximum Gasteiger partial charge on any atom is 0.254 e. The van der Waals surface area contributed by atoms with E-state index in [9.17, 15) is 12.8 Å². The lowest BCUT2D eigenvalue weighted by Gasteiger charge is -2.35. The second kappa shape index (κ2) is 11.4. The molecule has 0 spiro atoms. The third kappa shape index (κ3) is 5.50. The van der Waals surface area contributed by atoms with Crippen molar-refractivity contribution in [1.29, 1.82) is 0 Å². The maximum atomic E-state index is 13.4. The molecule has 0 bridgehead atoms. The Labute approximate surface area is 227 Å². The SMILES string of the molecule is COC(c1cncn1[C@H](C)c1ccc(F)cc1)C1CCN(S(=O)(=O)c2cnc(N3CCN(C)CC3)s2)CC1. The summed E-state index contributed by atoms with van der Waals surface area (Å²) in [5, 5.41) is 0.773. The molecule has 2 saturated heterocycles. The zero-order valence-electron chi connectivity index (χ0n) is 22.0. The summed E-state index contributed by atoms with van der Waals surface area (Å²) in [6.07, 6.45) is 6.23. The average molecular weight is 563 g/mol. The number of ether oxygens (including phenoxy) is 1. The van der Waals surface area contributed by atoms with Crippen molar-refractivity contribution in [3.63, 3.8) is 0 Å². The van der Waals surface area contributed by atoms with Gasteiger partial charge in [-0.25, -0.2) is 22.8 Å². The van der Waals surface area contributed by atoms with Crippen LogP contribution in [0.5, 0.6) is 0 Å². The number of thiazole rings is 1. The minimum absolute atomic E-state index is 0.0490. The van der Waals surface area contributed by atoms with E-state index in [1.807, 2.05) is 13.1 Å². The van der Waals surface area contributed by atoms with E-state index in [4.69, 9.17) is 4.74 Å². The van der Waals surface area contributed by atoms with Crippen molar-refractivity contribution in [3.8, 4) is 0 Å². The van der Waals surface area contributed by atoms with E-state index < -0.39 is 10.0 Å². The van der Waals surface area contributed by atoms with Gasteiger partial charge < -0.3 is 19.1 Å². The standard InChI is InChI=1S/C26H35FN6O3S2/c1-19(20-4-6-22(27)7-5-20)33-18-28-16-23(33)25(36-3)21-8-10-32(11-9-21)38(34,35)24-17-29-26(37-24)31-14-12-30(2)13-15-31/h4-7,16-19,21,25H,8-15H2,1-3H3/t19-,25?/m1/s1. The molecule has 2 aromatic heterocycles. The van der Waals surface area contributed by atoms with Gasteiger partial charge in [0.25, 0.3) is 10.0 Å². The van der Waals surface area contributed by atoms with E-state index in [1.54, 1.807) is 29.9 Å². The van der Waals surface area contributed by atoms with Crippen LogP contribution in [0.3, 0.4) is 0 Å². The Morgan fingerprint density at radius 3 is 2.39 bits per heavy atom. The van der Waals surface area contributed by atoms with Crippen LogP contribution in [0, 0.1) is 11.7 Å². The number of aromatic nitrogens is 3. The molecule has 2 aliphatic rings. The summed E-state index contributed by atoms with van der Waals surface area (Å²) in [6.45, 7) is 6.49. The van der Waals surface area contributed by atoms with Crippen molar-refractivity contribution in [3.05, 3.63) is 60.1 Å². The minimum atomic E-state index is -3.60. The first kappa shape index (κ1) is 27.2. The van der Waals surface area contributed by atoms with E-state index in [0.717, 1.165) is 42.6 Å². The van der Waals surface area contributed by atoms with Gasteiger partial charge >= 0.3 is 0 Å². The zero-order valence-corrected chi connectivity index (χ0v) is 23.7. The predicted octanol–water partition coefficient (Wildman–Crippen LogP) is 3.63. The number of imidazole rings is 1. The molecular formula is C26H35FN6O3S2. The summed E-state index contributed by atoms with van der Waals surface area (Å²) in [4.78, 5) is 13.2. The molecule has 206 valence electrons. The van der Waals surface area contributed by atoms with Gasteiger partial charge in [0.1, 0.15) is 11.9 Å². The molecule has 9 nitrogen and oxygen atoms in total. The highest BCUT2D eigenvalue weighted by atomic mass is 32.2. The zero-order chi connectivity index (χ0) is 26.9. The van der Waals surface area contributed by atoms with Crippen LogP contribution in [0.25, 0.3) is 0 Å². The van der Waals surface area contributed by atoms with Crippen LogP contribution >= 0.6 is 11.3 Å². The normalized spacial score (nSPS) is 20.1. The maximum absolute atomic E-state index is 13.4. The summed E-state index contributed by atoms with van der Waals surface area (Å²) >= 11 is 1.26. The number of methoxy groups -OCH3 is 1. The molecule has 4 heterocycles. The first-order chi connectivity index (χ1) is 18.3. The lowest BCUT2D eigenvalue weighted by Crippen LogP contribution is -2.44. The van der Waals surface area contributed by atoms with Crippen LogP contribution in [-0.2, 0) is 14.8 Å². The van der Waals surface area contributed by atoms with E-state index in [1.165, 1.54) is 29.7 Å². The number of halogens is 1. The number of nitrogens with zero attached hydrogens (tertiary/aromatic N) is 6. The molecule has 1 unspecified atom stereocenters. The molecule has 0 radical (unpaired) electrons. The lowest BCUT2D eigenvalue weighted by molar-refractivity contribution is 0.0245. The highest BCUT2D eigenvalue weighted by molar-refractivity contribution is 7.91. The van der Waals surface area contributed by atoms with Crippen molar-refractivity contribution in [2.75, 3.05) is 58.3 Å². The van der Waals surface area contributed by atoms with Crippen molar-refractivity contribution in [2.45, 2.75) is 36.1 Å². The van der Waals surface area contributed by atoms with Crippen molar-refractivity contribution in [2.24, 2.45) is 5.92 Å². The predicted molar refractivity (Wildman–Crippen MR) is 145 cm³/mol. The highest BCUT2D eigenvalue weighted by Gasteiger charge is 2.36. The van der Waals surface area contributed by atoms with Gasteiger partial charge in [-0.05, 0) is 50.4 Å². The average Bonchev–Trinajstić information content (AvgIpc) is 3.61. The Hall–Kier alpha value is -2.38. The second-order valence-corrected chi connectivity index (χ2v) is 13.3. The van der Waals surface area contributed by atoms with Crippen LogP contribution < -0.4 is 4.90 Å². The van der Waals surface area contributed by atoms with E-state index in [-0.39, 0.29) is 23.9 Å². The monoisotopic (exact) mass is 562 g/mol. The summed E-state index contributed by atoms with van der Waals surface area (Å²) in [6, 6.07) is 6.44. The number of anilines is 1. The summed E-state index contributed by atoms with van der Waals surface area (Å²) < 4.78 is 50.2. The molecule has 0 N–H and O–H groups in total. The number of rotatable bonds is 8. The molecule has 1 aromatic carbocycles. The Bertz CT molecular complexity index is 1310. The van der Waals surface area contributed by atoms with E-state index in [0.29, 0.717) is 30.1 Å². The summed E-state index contributed by atoms with van der Waals surface area (Å²) in [7, 11) is 0.177. The Kier molecular flexibility index (Phi) is 8.15. The third-order valence-corrected chi connectivity index (χ3v) is 11.2. The largest absolute Gasteiger partial charge is 0.375 e. The van der Waals surface area contributed by atoms with Gasteiger partial charge in [-0.1, -0.05) is 23.5 Å². The number of likely N-dealkylation sites (N-methyl/N-ethyl adjacent to an activating group) is 1. The molecule has 0 aliphatic carbocycles. The Morgan fingerprint density at radius 2 is 1.74 bits per heavy atom. The quantitative estimate of drug-likeness (QED) is 0.415. The van der Waals surface area contributed by atoms with Crippen LogP contribution in [0.1, 0.15) is 43.2 Å². The van der Waals surface area contributed by atoms with Gasteiger partial charge in [0.15, 0.2) is 9.34 Å². The lowest BCUT2D eigenvalue weighted by atomic mass is 9.90. The summed E-state index contributed by atoms with van der Waals surface area (Å²) in [5.41, 5.74) is 1.91. The Balaban J connectivity index is 1.25. The Morgan fingerprint density at radius 1 is 1.05 bits per heavy atom. The van der Waals surface area contributed by atoms with Crippen molar-refractivity contribution >= 4 is 26.5 Å². The number of benzene rings is 1. The molecule has 38 heavy (non-hydrogen) atoms. The highest BCUT2D eigenvalue weighted by Crippen LogP contribution is 2.37. The number of hydrogen-bond acceptors (Lipinski definition) is 8. The molecule has 3 aromatic rings. The first-order valence-electron chi connectivity index (χ1n) is 13.0. The minimum Gasteiger partial charge on any atom is -0.375 e. The fourth-order valence-electron chi connectivity index (χ4n) is 5.38. The molecule has 0 saturated carbocycles. The third-order valence-electron chi connectivity index (χ3n) is 7.78. The van der Waals surface area contributed by atoms with Crippen LogP contribution in [0.15, 0.2) is 47.2 Å². The van der Waals surface area contributed by atoms with Gasteiger partial charge in [-0.15, -0.1) is 0 Å². The van der Waals surface area contributed by atoms with Gasteiger partial charge in [0.2, 0.25) is 0 Å². The van der Waals surface area contributed by atoms with Gasteiger partial charge in [-0.2, -0.15) is 4.31 Å². The molecule has 2 aliphatic heterocycles. The fraction of sp³-hybridized carbons (Fsp3) is 0.538. The number of piperazine rings is 1. The fourth-order valence-corrected chi connectivity index (χ4v) is 8.17. The van der Waals surface area contributed by atoms with Gasteiger partial charge in [-0.3, -0.25) is 0 Å². The molecular weight excluding hydrogens is 527 g/mol. The first-order valence-corrected chi connectivity index (χ1v) is 15.2. The molecule has 5 rings (SSSR count). The van der Waals surface area contributed by atoms with Crippen molar-refractivity contribution < 1.29 is 17.5 Å². The van der Waals surface area contributed by atoms with Crippen LogP contribution in [0.4, 0.5) is 9.52 Å². The topological polar surface area (TPSA) is 83.8 Å². The number of sulfonamides is 1. The van der Waals surface area contributed by atoms with E-state index >= 15 is 0 Å². The van der Waals surface area contributed by atoms with Crippen molar-refractivity contribution in [1.82, 2.24) is 23.7 Å². The van der Waals surface area contributed by atoms with E-state index in [2.05, 4.69) is 31.4 Å².